The van der Waals surface area contributed by atoms with Gasteiger partial charge < -0.3 is 10.6 Å². The first-order valence-electron chi connectivity index (χ1n) is 8.87. The standard InChI is InChI=1S/C22H22ClN3O/c1-16-5-7-18(8-6-16)13-26-21-12-19(14-24-15-21)22(27)25-10-9-17-3-2-4-20(23)11-17/h2-8,11-12,14-15,26H,9-10,13H2,1H3,(H,25,27). The van der Waals surface area contributed by atoms with Crippen molar-refractivity contribution < 1.29 is 4.79 Å². The average Bonchev–Trinajstić information content (AvgIpc) is 2.68. The number of nitrogens with one attached hydrogen (secondary N) is 2. The summed E-state index contributed by atoms with van der Waals surface area (Å²) in [4.78, 5) is 16.5. The fourth-order valence-electron chi connectivity index (χ4n) is 2.69. The molecule has 0 saturated carbocycles. The summed E-state index contributed by atoms with van der Waals surface area (Å²) in [6, 6.07) is 17.8. The normalized spacial score (nSPS) is 10.4. The number of rotatable bonds is 7. The van der Waals surface area contributed by atoms with E-state index in [2.05, 4.69) is 46.8 Å². The Morgan fingerprint density at radius 1 is 1.04 bits per heavy atom. The van der Waals surface area contributed by atoms with E-state index in [9.17, 15) is 4.79 Å². The number of aryl methyl sites for hydroxylation is 1. The lowest BCUT2D eigenvalue weighted by atomic mass is 10.1. The number of anilines is 1. The highest BCUT2D eigenvalue weighted by Crippen LogP contribution is 2.12. The van der Waals surface area contributed by atoms with Gasteiger partial charge in [0.05, 0.1) is 11.3 Å². The number of pyridine rings is 1. The third kappa shape index (κ3) is 5.83. The van der Waals surface area contributed by atoms with Crippen LogP contribution in [-0.4, -0.2) is 17.4 Å². The van der Waals surface area contributed by atoms with Crippen LogP contribution in [0.4, 0.5) is 5.69 Å². The van der Waals surface area contributed by atoms with Crippen molar-refractivity contribution in [3.63, 3.8) is 0 Å². The van der Waals surface area contributed by atoms with Crippen LogP contribution in [0.25, 0.3) is 0 Å². The Hall–Kier alpha value is -2.85. The van der Waals surface area contributed by atoms with Crippen molar-refractivity contribution in [1.29, 1.82) is 0 Å². The third-order valence-electron chi connectivity index (χ3n) is 4.21. The number of carbonyl (C=O) groups is 1. The van der Waals surface area contributed by atoms with Crippen LogP contribution >= 0.6 is 11.6 Å². The number of carbonyl (C=O) groups excluding carboxylic acids is 1. The lowest BCUT2D eigenvalue weighted by Gasteiger charge is -2.09. The molecule has 0 aliphatic heterocycles. The van der Waals surface area contributed by atoms with E-state index in [-0.39, 0.29) is 5.91 Å². The summed E-state index contributed by atoms with van der Waals surface area (Å²) in [5.74, 6) is -0.136. The molecule has 2 N–H and O–H groups in total. The third-order valence-corrected chi connectivity index (χ3v) is 4.44. The second-order valence-corrected chi connectivity index (χ2v) is 6.87. The van der Waals surface area contributed by atoms with Gasteiger partial charge in [-0.2, -0.15) is 0 Å². The van der Waals surface area contributed by atoms with Gasteiger partial charge in [0, 0.05) is 30.5 Å². The zero-order chi connectivity index (χ0) is 19.1. The predicted octanol–water partition coefficient (Wildman–Crippen LogP) is 4.63. The SMILES string of the molecule is Cc1ccc(CNc2cncc(C(=O)NCCc3cccc(Cl)c3)c2)cc1. The molecule has 0 radical (unpaired) electrons. The summed E-state index contributed by atoms with van der Waals surface area (Å²) in [7, 11) is 0. The molecule has 0 fully saturated rings. The van der Waals surface area contributed by atoms with E-state index in [1.54, 1.807) is 12.4 Å². The Bertz CT molecular complexity index is 909. The molecule has 1 aromatic heterocycles. The Kier molecular flexibility index (Phi) is 6.44. The van der Waals surface area contributed by atoms with Crippen molar-refractivity contribution in [3.05, 3.63) is 94.3 Å². The molecule has 0 unspecified atom stereocenters. The fourth-order valence-corrected chi connectivity index (χ4v) is 2.90. The van der Waals surface area contributed by atoms with Crippen LogP contribution in [0.2, 0.25) is 5.02 Å². The van der Waals surface area contributed by atoms with E-state index < -0.39 is 0 Å². The number of hydrogen-bond donors (Lipinski definition) is 2. The molecular formula is C22H22ClN3O. The maximum absolute atomic E-state index is 12.4. The molecule has 1 amide bonds. The Morgan fingerprint density at radius 2 is 1.85 bits per heavy atom. The fraction of sp³-hybridized carbons (Fsp3) is 0.182. The molecule has 27 heavy (non-hydrogen) atoms. The molecule has 0 spiro atoms. The van der Waals surface area contributed by atoms with E-state index in [0.717, 1.165) is 17.7 Å². The van der Waals surface area contributed by atoms with Crippen LogP contribution in [0, 0.1) is 6.92 Å². The van der Waals surface area contributed by atoms with Crippen LogP contribution in [0.5, 0.6) is 0 Å². The Labute approximate surface area is 164 Å². The van der Waals surface area contributed by atoms with Crippen molar-refractivity contribution in [2.24, 2.45) is 0 Å². The highest BCUT2D eigenvalue weighted by Gasteiger charge is 2.07. The lowest BCUT2D eigenvalue weighted by molar-refractivity contribution is 0.0954. The van der Waals surface area contributed by atoms with Crippen molar-refractivity contribution in [2.75, 3.05) is 11.9 Å². The monoisotopic (exact) mass is 379 g/mol. The van der Waals surface area contributed by atoms with Gasteiger partial charge in [-0.05, 0) is 42.7 Å². The highest BCUT2D eigenvalue weighted by molar-refractivity contribution is 6.30. The van der Waals surface area contributed by atoms with Crippen molar-refractivity contribution in [2.45, 2.75) is 19.9 Å². The van der Waals surface area contributed by atoms with E-state index in [0.29, 0.717) is 23.7 Å². The summed E-state index contributed by atoms with van der Waals surface area (Å²) < 4.78 is 0. The molecule has 4 nitrogen and oxygen atoms in total. The van der Waals surface area contributed by atoms with Crippen molar-refractivity contribution >= 4 is 23.2 Å². The van der Waals surface area contributed by atoms with E-state index in [4.69, 9.17) is 11.6 Å². The number of nitrogens with zero attached hydrogens (tertiary/aromatic N) is 1. The Morgan fingerprint density at radius 3 is 2.63 bits per heavy atom. The molecule has 3 aromatic rings. The molecular weight excluding hydrogens is 358 g/mol. The molecule has 138 valence electrons. The van der Waals surface area contributed by atoms with Gasteiger partial charge in [-0.15, -0.1) is 0 Å². The van der Waals surface area contributed by atoms with Gasteiger partial charge in [0.2, 0.25) is 0 Å². The second kappa shape index (κ2) is 9.19. The summed E-state index contributed by atoms with van der Waals surface area (Å²) in [5, 5.41) is 6.94. The lowest BCUT2D eigenvalue weighted by Crippen LogP contribution is -2.25. The van der Waals surface area contributed by atoms with E-state index >= 15 is 0 Å². The minimum absolute atomic E-state index is 0.136. The largest absolute Gasteiger partial charge is 0.380 e. The van der Waals surface area contributed by atoms with Crippen LogP contribution < -0.4 is 10.6 Å². The molecule has 0 bridgehead atoms. The maximum atomic E-state index is 12.4. The van der Waals surface area contributed by atoms with Crippen molar-refractivity contribution in [1.82, 2.24) is 10.3 Å². The van der Waals surface area contributed by atoms with Gasteiger partial charge >= 0.3 is 0 Å². The predicted molar refractivity (Wildman–Crippen MR) is 110 cm³/mol. The molecule has 2 aromatic carbocycles. The molecule has 0 aliphatic rings. The van der Waals surface area contributed by atoms with Gasteiger partial charge in [0.25, 0.3) is 5.91 Å². The average molecular weight is 380 g/mol. The van der Waals surface area contributed by atoms with E-state index in [1.165, 1.54) is 11.1 Å². The summed E-state index contributed by atoms with van der Waals surface area (Å²) in [6.45, 7) is 3.29. The molecule has 0 atom stereocenters. The zero-order valence-electron chi connectivity index (χ0n) is 15.2. The number of benzene rings is 2. The van der Waals surface area contributed by atoms with Gasteiger partial charge in [0.1, 0.15) is 0 Å². The minimum Gasteiger partial charge on any atom is -0.380 e. The minimum atomic E-state index is -0.136. The topological polar surface area (TPSA) is 54.0 Å². The molecule has 1 heterocycles. The molecule has 0 saturated heterocycles. The number of halogens is 1. The number of amides is 1. The van der Waals surface area contributed by atoms with Crippen molar-refractivity contribution in [3.8, 4) is 0 Å². The Balaban J connectivity index is 1.52. The highest BCUT2D eigenvalue weighted by atomic mass is 35.5. The zero-order valence-corrected chi connectivity index (χ0v) is 16.0. The van der Waals surface area contributed by atoms with Gasteiger partial charge in [0.15, 0.2) is 0 Å². The van der Waals surface area contributed by atoms with Crippen LogP contribution in [0.1, 0.15) is 27.0 Å². The quantitative estimate of drug-likeness (QED) is 0.629. The van der Waals surface area contributed by atoms with Crippen LogP contribution in [0.15, 0.2) is 67.0 Å². The first-order valence-corrected chi connectivity index (χ1v) is 9.25. The smallest absolute Gasteiger partial charge is 0.252 e. The summed E-state index contributed by atoms with van der Waals surface area (Å²) in [6.07, 6.45) is 4.02. The van der Waals surface area contributed by atoms with Gasteiger partial charge in [-0.3, -0.25) is 9.78 Å². The first-order chi connectivity index (χ1) is 13.1. The summed E-state index contributed by atoms with van der Waals surface area (Å²) >= 11 is 5.98. The van der Waals surface area contributed by atoms with Crippen LogP contribution in [-0.2, 0) is 13.0 Å². The number of hydrogen-bond acceptors (Lipinski definition) is 3. The van der Waals surface area contributed by atoms with Gasteiger partial charge in [-0.1, -0.05) is 53.6 Å². The molecule has 3 rings (SSSR count). The van der Waals surface area contributed by atoms with Crippen LogP contribution in [0.3, 0.4) is 0 Å². The van der Waals surface area contributed by atoms with E-state index in [1.807, 2.05) is 30.3 Å². The summed E-state index contributed by atoms with van der Waals surface area (Å²) in [5.41, 5.74) is 4.86. The second-order valence-electron chi connectivity index (χ2n) is 6.44. The first kappa shape index (κ1) is 18.9. The number of aromatic nitrogens is 1. The maximum Gasteiger partial charge on any atom is 0.252 e. The molecule has 5 heteroatoms. The molecule has 0 aliphatic carbocycles. The van der Waals surface area contributed by atoms with Gasteiger partial charge in [-0.25, -0.2) is 0 Å².